The quantitative estimate of drug-likeness (QED) is 0.566. The van der Waals surface area contributed by atoms with E-state index in [1.165, 1.54) is 36.1 Å². The Bertz CT molecular complexity index is 867. The molecule has 0 aliphatic carbocycles. The van der Waals surface area contributed by atoms with Crippen molar-refractivity contribution in [3.63, 3.8) is 0 Å². The Kier molecular flexibility index (Phi) is 6.29. The van der Waals surface area contributed by atoms with E-state index in [0.717, 1.165) is 4.57 Å². The van der Waals surface area contributed by atoms with Crippen LogP contribution in [0.15, 0.2) is 32.5 Å². The fourth-order valence-corrected chi connectivity index (χ4v) is 2.71. The SMILES string of the molecule is Cn1c(COC(=O)CCCNC(=O)c2ccsc2)cc(=O)n(C)c1=O. The van der Waals surface area contributed by atoms with E-state index in [1.807, 2.05) is 5.38 Å². The number of aromatic nitrogens is 2. The molecule has 0 spiro atoms. The van der Waals surface area contributed by atoms with Crippen LogP contribution in [0, 0.1) is 0 Å². The van der Waals surface area contributed by atoms with Crippen LogP contribution in [0.5, 0.6) is 0 Å². The lowest BCUT2D eigenvalue weighted by Crippen LogP contribution is -2.38. The third kappa shape index (κ3) is 4.90. The topological polar surface area (TPSA) is 99.4 Å². The second kappa shape index (κ2) is 8.43. The van der Waals surface area contributed by atoms with E-state index in [0.29, 0.717) is 24.2 Å². The van der Waals surface area contributed by atoms with Crippen LogP contribution in [-0.4, -0.2) is 27.6 Å². The van der Waals surface area contributed by atoms with Gasteiger partial charge in [-0.25, -0.2) is 4.79 Å². The highest BCUT2D eigenvalue weighted by atomic mass is 32.1. The van der Waals surface area contributed by atoms with Gasteiger partial charge in [-0.1, -0.05) is 0 Å². The van der Waals surface area contributed by atoms with Gasteiger partial charge in [0.15, 0.2) is 0 Å². The molecule has 0 atom stereocenters. The molecule has 0 bridgehead atoms. The number of amides is 1. The van der Waals surface area contributed by atoms with Crippen molar-refractivity contribution in [1.29, 1.82) is 0 Å². The predicted molar refractivity (Wildman–Crippen MR) is 92.6 cm³/mol. The van der Waals surface area contributed by atoms with Crippen LogP contribution in [-0.2, 0) is 30.2 Å². The highest BCUT2D eigenvalue weighted by Crippen LogP contribution is 2.05. The summed E-state index contributed by atoms with van der Waals surface area (Å²) >= 11 is 1.44. The first-order chi connectivity index (χ1) is 11.9. The van der Waals surface area contributed by atoms with Crippen LogP contribution < -0.4 is 16.6 Å². The molecule has 1 amide bonds. The monoisotopic (exact) mass is 365 g/mol. The lowest BCUT2D eigenvalue weighted by Gasteiger charge is -2.10. The van der Waals surface area contributed by atoms with Crippen molar-refractivity contribution >= 4 is 23.2 Å². The summed E-state index contributed by atoms with van der Waals surface area (Å²) in [6, 6.07) is 2.98. The Morgan fingerprint density at radius 2 is 2.00 bits per heavy atom. The number of nitrogens with one attached hydrogen (secondary N) is 1. The molecule has 0 radical (unpaired) electrons. The lowest BCUT2D eigenvalue weighted by molar-refractivity contribution is -0.145. The summed E-state index contributed by atoms with van der Waals surface area (Å²) in [7, 11) is 2.88. The predicted octanol–water partition coefficient (Wildman–Crippen LogP) is 0.399. The van der Waals surface area contributed by atoms with Crippen molar-refractivity contribution in [1.82, 2.24) is 14.5 Å². The second-order valence-corrected chi connectivity index (χ2v) is 6.19. The van der Waals surface area contributed by atoms with Crippen molar-refractivity contribution < 1.29 is 14.3 Å². The average molecular weight is 365 g/mol. The van der Waals surface area contributed by atoms with Gasteiger partial charge in [0.05, 0.1) is 5.69 Å². The molecule has 0 saturated carbocycles. The molecule has 25 heavy (non-hydrogen) atoms. The summed E-state index contributed by atoms with van der Waals surface area (Å²) < 4.78 is 7.31. The van der Waals surface area contributed by atoms with E-state index in [2.05, 4.69) is 5.32 Å². The number of thiophene rings is 1. The molecule has 0 aliphatic rings. The molecule has 9 heteroatoms. The second-order valence-electron chi connectivity index (χ2n) is 5.41. The van der Waals surface area contributed by atoms with Crippen molar-refractivity contribution in [2.75, 3.05) is 6.54 Å². The third-order valence-electron chi connectivity index (χ3n) is 3.63. The van der Waals surface area contributed by atoms with Crippen molar-refractivity contribution in [3.05, 3.63) is 55.0 Å². The maximum atomic E-state index is 11.8. The first-order valence-corrected chi connectivity index (χ1v) is 8.56. The third-order valence-corrected chi connectivity index (χ3v) is 4.32. The highest BCUT2D eigenvalue weighted by molar-refractivity contribution is 7.08. The van der Waals surface area contributed by atoms with Gasteiger partial charge in [0.25, 0.3) is 11.5 Å². The molecule has 134 valence electrons. The summed E-state index contributed by atoms with van der Waals surface area (Å²) in [4.78, 5) is 46.8. The van der Waals surface area contributed by atoms with Crippen LogP contribution in [0.4, 0.5) is 0 Å². The summed E-state index contributed by atoms with van der Waals surface area (Å²) in [6.07, 6.45) is 0.562. The number of esters is 1. The smallest absolute Gasteiger partial charge is 0.330 e. The Balaban J connectivity index is 1.75. The minimum atomic E-state index is -0.477. The van der Waals surface area contributed by atoms with E-state index >= 15 is 0 Å². The van der Waals surface area contributed by atoms with Gasteiger partial charge < -0.3 is 10.1 Å². The van der Waals surface area contributed by atoms with Crippen molar-refractivity contribution in [2.45, 2.75) is 19.4 Å². The van der Waals surface area contributed by atoms with E-state index < -0.39 is 17.2 Å². The number of ether oxygens (including phenoxy) is 1. The number of carbonyl (C=O) groups is 2. The minimum Gasteiger partial charge on any atom is -0.459 e. The molecule has 2 rings (SSSR count). The summed E-state index contributed by atoms with van der Waals surface area (Å²) in [6.45, 7) is 0.204. The Morgan fingerprint density at radius 1 is 1.24 bits per heavy atom. The van der Waals surface area contributed by atoms with Crippen molar-refractivity contribution in [3.8, 4) is 0 Å². The number of hydrogen-bond acceptors (Lipinski definition) is 6. The maximum Gasteiger partial charge on any atom is 0.330 e. The van der Waals surface area contributed by atoms with E-state index in [9.17, 15) is 19.2 Å². The van der Waals surface area contributed by atoms with Gasteiger partial charge in [0, 0.05) is 44.1 Å². The van der Waals surface area contributed by atoms with Gasteiger partial charge in [-0.2, -0.15) is 11.3 Å². The number of carbonyl (C=O) groups excluding carboxylic acids is 2. The zero-order chi connectivity index (χ0) is 18.4. The van der Waals surface area contributed by atoms with Crippen LogP contribution in [0.3, 0.4) is 0 Å². The molecule has 0 aromatic carbocycles. The Morgan fingerprint density at radius 3 is 2.68 bits per heavy atom. The van der Waals surface area contributed by atoms with Crippen LogP contribution in [0.25, 0.3) is 0 Å². The molecule has 2 aromatic rings. The Labute approximate surface area is 147 Å². The Hall–Kier alpha value is -2.68. The first-order valence-electron chi connectivity index (χ1n) is 7.62. The van der Waals surface area contributed by atoms with Gasteiger partial charge >= 0.3 is 11.7 Å². The molecule has 0 aliphatic heterocycles. The molecule has 8 nitrogen and oxygen atoms in total. The molecule has 0 fully saturated rings. The maximum absolute atomic E-state index is 11.8. The fourth-order valence-electron chi connectivity index (χ4n) is 2.07. The average Bonchev–Trinajstić information content (AvgIpc) is 3.13. The molecule has 2 heterocycles. The summed E-state index contributed by atoms with van der Waals surface area (Å²) in [5.41, 5.74) is -0.00801. The van der Waals surface area contributed by atoms with Crippen LogP contribution in [0.1, 0.15) is 28.9 Å². The van der Waals surface area contributed by atoms with E-state index in [4.69, 9.17) is 4.74 Å². The summed E-state index contributed by atoms with van der Waals surface area (Å²) in [5, 5.41) is 6.28. The number of hydrogen-bond donors (Lipinski definition) is 1. The first kappa shape index (κ1) is 18.7. The zero-order valence-corrected chi connectivity index (χ0v) is 14.8. The van der Waals surface area contributed by atoms with Gasteiger partial charge in [-0.05, 0) is 17.9 Å². The van der Waals surface area contributed by atoms with Crippen LogP contribution >= 0.6 is 11.3 Å². The van der Waals surface area contributed by atoms with Gasteiger partial charge in [-0.3, -0.25) is 23.5 Å². The summed E-state index contributed by atoms with van der Waals surface area (Å²) in [5.74, 6) is -0.636. The molecular formula is C16H19N3O5S. The normalized spacial score (nSPS) is 10.5. The van der Waals surface area contributed by atoms with E-state index in [1.54, 1.807) is 11.4 Å². The largest absolute Gasteiger partial charge is 0.459 e. The number of nitrogens with zero attached hydrogens (tertiary/aromatic N) is 2. The molecule has 2 aromatic heterocycles. The van der Waals surface area contributed by atoms with Crippen LogP contribution in [0.2, 0.25) is 0 Å². The lowest BCUT2D eigenvalue weighted by atomic mass is 10.3. The molecule has 1 N–H and O–H groups in total. The fraction of sp³-hybridized carbons (Fsp3) is 0.375. The zero-order valence-electron chi connectivity index (χ0n) is 14.0. The van der Waals surface area contributed by atoms with E-state index in [-0.39, 0.29) is 18.9 Å². The van der Waals surface area contributed by atoms with Gasteiger partial charge in [0.2, 0.25) is 0 Å². The van der Waals surface area contributed by atoms with Gasteiger partial charge in [-0.15, -0.1) is 0 Å². The molecule has 0 unspecified atom stereocenters. The molecular weight excluding hydrogens is 346 g/mol. The van der Waals surface area contributed by atoms with Crippen molar-refractivity contribution in [2.24, 2.45) is 14.1 Å². The number of rotatable bonds is 7. The molecule has 0 saturated heterocycles. The minimum absolute atomic E-state index is 0.128. The highest BCUT2D eigenvalue weighted by Gasteiger charge is 2.10. The van der Waals surface area contributed by atoms with Gasteiger partial charge in [0.1, 0.15) is 6.61 Å². The standard InChI is InChI=1S/C16H19N3O5S/c1-18-12(8-13(20)19(2)16(18)23)9-24-14(21)4-3-6-17-15(22)11-5-7-25-10-11/h5,7-8,10H,3-4,6,9H2,1-2H3,(H,17,22).